The van der Waals surface area contributed by atoms with Gasteiger partial charge in [0.25, 0.3) is 10.9 Å². The molecule has 140 valence electrons. The van der Waals surface area contributed by atoms with Crippen molar-refractivity contribution in [3.05, 3.63) is 45.8 Å². The number of nitrogens with zero attached hydrogens (tertiary/aromatic N) is 5. The molecule has 3 rings (SSSR count). The molecule has 1 unspecified atom stereocenters. The molecular weight excluding hydrogens is 374 g/mol. The molecule has 1 aromatic heterocycles. The van der Waals surface area contributed by atoms with Gasteiger partial charge in [0, 0.05) is 37.1 Å². The van der Waals surface area contributed by atoms with Crippen LogP contribution in [0.5, 0.6) is 0 Å². The highest BCUT2D eigenvalue weighted by Crippen LogP contribution is 2.25. The van der Waals surface area contributed by atoms with E-state index in [2.05, 4.69) is 15.2 Å². The van der Waals surface area contributed by atoms with Crippen molar-refractivity contribution < 1.29 is 18.9 Å². The highest BCUT2D eigenvalue weighted by Gasteiger charge is 2.34. The topological polar surface area (TPSA) is 132 Å². The summed E-state index contributed by atoms with van der Waals surface area (Å²) >= 11 is 1.24. The second-order valence-corrected chi connectivity index (χ2v) is 6.79. The average molecular weight is 389 g/mol. The highest BCUT2D eigenvalue weighted by molar-refractivity contribution is 7.98. The van der Waals surface area contributed by atoms with Gasteiger partial charge in [0.15, 0.2) is 0 Å². The summed E-state index contributed by atoms with van der Waals surface area (Å²) in [6, 6.07) is 5.70. The number of hydrogen-bond donors (Lipinski definition) is 0. The first-order chi connectivity index (χ1) is 12.8. The number of nitro benzene ring substituents is 1. The first-order valence-electron chi connectivity index (χ1n) is 7.90. The molecular formula is C16H15N5O5S. The van der Waals surface area contributed by atoms with Crippen LogP contribution in [-0.2, 0) is 17.0 Å². The zero-order valence-electron chi connectivity index (χ0n) is 14.5. The second kappa shape index (κ2) is 7.66. The van der Waals surface area contributed by atoms with Crippen molar-refractivity contribution in [3.63, 3.8) is 0 Å². The second-order valence-electron chi connectivity index (χ2n) is 5.87. The Hall–Kier alpha value is -3.08. The van der Waals surface area contributed by atoms with Gasteiger partial charge in [0.1, 0.15) is 0 Å². The number of aliphatic imine (C=N–C) groups is 1. The summed E-state index contributed by atoms with van der Waals surface area (Å²) in [6.45, 7) is 1.61. The molecule has 3 amide bonds. The summed E-state index contributed by atoms with van der Waals surface area (Å²) in [5.41, 5.74) is 1.18. The van der Waals surface area contributed by atoms with Crippen LogP contribution in [-0.4, -0.2) is 44.7 Å². The molecule has 0 fully saturated rings. The molecule has 0 spiro atoms. The van der Waals surface area contributed by atoms with Gasteiger partial charge in [-0.15, -0.1) is 10.2 Å². The minimum atomic E-state index is -0.622. The van der Waals surface area contributed by atoms with E-state index in [1.54, 1.807) is 19.1 Å². The van der Waals surface area contributed by atoms with E-state index in [0.29, 0.717) is 16.7 Å². The molecule has 27 heavy (non-hydrogen) atoms. The van der Waals surface area contributed by atoms with Gasteiger partial charge in [0.05, 0.1) is 10.8 Å². The van der Waals surface area contributed by atoms with E-state index in [1.165, 1.54) is 30.9 Å². The van der Waals surface area contributed by atoms with Crippen LogP contribution in [0.4, 0.5) is 10.5 Å². The maximum absolute atomic E-state index is 12.2. The fraction of sp³-hybridized carbons (Fsp3) is 0.312. The Morgan fingerprint density at radius 3 is 2.85 bits per heavy atom. The Labute approximate surface area is 157 Å². The molecule has 1 aliphatic heterocycles. The average Bonchev–Trinajstić information content (AvgIpc) is 3.09. The summed E-state index contributed by atoms with van der Waals surface area (Å²) in [5, 5.41) is 18.9. The molecule has 0 bridgehead atoms. The fourth-order valence-electron chi connectivity index (χ4n) is 2.50. The number of carbonyl (C=O) groups is 2. The highest BCUT2D eigenvalue weighted by atomic mass is 32.2. The van der Waals surface area contributed by atoms with E-state index in [0.717, 1.165) is 10.5 Å². The van der Waals surface area contributed by atoms with Crippen molar-refractivity contribution in [2.24, 2.45) is 10.9 Å². The van der Waals surface area contributed by atoms with Crippen molar-refractivity contribution in [2.45, 2.75) is 24.3 Å². The standard InChI is InChI=1S/C16H15N5O5S/c1-9-12(14(22)20(2)15(23)17-9)7-13-18-19-16(26-13)27-8-10-4-3-5-11(6-10)21(24)25/h3-6,12H,7-8H2,1-2H3. The maximum Gasteiger partial charge on any atom is 0.349 e. The Balaban J connectivity index is 1.64. The molecule has 1 aromatic carbocycles. The number of amides is 3. The van der Waals surface area contributed by atoms with E-state index >= 15 is 0 Å². The third-order valence-electron chi connectivity index (χ3n) is 4.00. The molecule has 1 aliphatic rings. The minimum Gasteiger partial charge on any atom is -0.416 e. The first kappa shape index (κ1) is 18.7. The Morgan fingerprint density at radius 2 is 2.11 bits per heavy atom. The van der Waals surface area contributed by atoms with Crippen LogP contribution in [0.2, 0.25) is 0 Å². The number of non-ortho nitro benzene ring substituents is 1. The third kappa shape index (κ3) is 4.19. The van der Waals surface area contributed by atoms with Crippen LogP contribution in [0, 0.1) is 16.0 Å². The van der Waals surface area contributed by atoms with Gasteiger partial charge in [0.2, 0.25) is 11.8 Å². The van der Waals surface area contributed by atoms with E-state index < -0.39 is 16.9 Å². The fourth-order valence-corrected chi connectivity index (χ4v) is 3.23. The normalized spacial score (nSPS) is 17.2. The monoisotopic (exact) mass is 389 g/mol. The number of carbonyl (C=O) groups excluding carboxylic acids is 2. The predicted octanol–water partition coefficient (Wildman–Crippen LogP) is 2.48. The Morgan fingerprint density at radius 1 is 1.33 bits per heavy atom. The van der Waals surface area contributed by atoms with Crippen molar-refractivity contribution in [1.82, 2.24) is 15.1 Å². The smallest absolute Gasteiger partial charge is 0.349 e. The number of benzene rings is 1. The molecule has 2 heterocycles. The van der Waals surface area contributed by atoms with Crippen LogP contribution >= 0.6 is 11.8 Å². The lowest BCUT2D eigenvalue weighted by atomic mass is 9.97. The van der Waals surface area contributed by atoms with Crippen molar-refractivity contribution in [2.75, 3.05) is 7.05 Å². The molecule has 11 heteroatoms. The first-order valence-corrected chi connectivity index (χ1v) is 8.89. The predicted molar refractivity (Wildman–Crippen MR) is 95.4 cm³/mol. The molecule has 0 saturated heterocycles. The molecule has 0 aliphatic carbocycles. The maximum atomic E-state index is 12.2. The van der Waals surface area contributed by atoms with E-state index in [4.69, 9.17) is 4.42 Å². The van der Waals surface area contributed by atoms with Gasteiger partial charge in [-0.25, -0.2) is 9.79 Å². The number of rotatable bonds is 6. The van der Waals surface area contributed by atoms with Crippen molar-refractivity contribution in [3.8, 4) is 0 Å². The van der Waals surface area contributed by atoms with Crippen molar-refractivity contribution >= 4 is 35.1 Å². The number of aromatic nitrogens is 2. The SMILES string of the molecule is CC1=NC(=O)N(C)C(=O)C1Cc1nnc(SCc2cccc([N+](=O)[O-])c2)o1. The van der Waals surface area contributed by atoms with E-state index in [-0.39, 0.29) is 23.9 Å². The van der Waals surface area contributed by atoms with Gasteiger partial charge in [-0.2, -0.15) is 0 Å². The van der Waals surface area contributed by atoms with Gasteiger partial charge < -0.3 is 4.42 Å². The Kier molecular flexibility index (Phi) is 5.31. The lowest BCUT2D eigenvalue weighted by molar-refractivity contribution is -0.384. The Bertz CT molecular complexity index is 941. The summed E-state index contributed by atoms with van der Waals surface area (Å²) in [4.78, 5) is 38.9. The van der Waals surface area contributed by atoms with Crippen LogP contribution in [0.25, 0.3) is 0 Å². The van der Waals surface area contributed by atoms with E-state index in [1.807, 2.05) is 0 Å². The van der Waals surface area contributed by atoms with Crippen LogP contribution in [0.15, 0.2) is 38.9 Å². The van der Waals surface area contributed by atoms with Crippen LogP contribution in [0.1, 0.15) is 18.4 Å². The minimum absolute atomic E-state index is 0.0172. The zero-order valence-corrected chi connectivity index (χ0v) is 15.3. The summed E-state index contributed by atoms with van der Waals surface area (Å²) in [6.07, 6.45) is 0.149. The molecule has 0 N–H and O–H groups in total. The molecule has 10 nitrogen and oxygen atoms in total. The number of imide groups is 1. The quantitative estimate of drug-likeness (QED) is 0.418. The van der Waals surface area contributed by atoms with Crippen LogP contribution in [0.3, 0.4) is 0 Å². The van der Waals surface area contributed by atoms with Gasteiger partial charge in [-0.1, -0.05) is 23.9 Å². The zero-order chi connectivity index (χ0) is 19.6. The van der Waals surface area contributed by atoms with Crippen molar-refractivity contribution in [1.29, 1.82) is 0 Å². The summed E-state index contributed by atoms with van der Waals surface area (Å²) in [7, 11) is 1.38. The van der Waals surface area contributed by atoms with Gasteiger partial charge >= 0.3 is 6.03 Å². The third-order valence-corrected chi connectivity index (χ3v) is 4.89. The summed E-state index contributed by atoms with van der Waals surface area (Å²) < 4.78 is 5.54. The van der Waals surface area contributed by atoms with E-state index in [9.17, 15) is 19.7 Å². The van der Waals surface area contributed by atoms with Gasteiger partial charge in [-0.3, -0.25) is 19.8 Å². The number of nitro groups is 1. The lowest BCUT2D eigenvalue weighted by Gasteiger charge is -2.24. The number of hydrogen-bond acceptors (Lipinski definition) is 8. The molecule has 2 aromatic rings. The van der Waals surface area contributed by atoms with Gasteiger partial charge in [-0.05, 0) is 12.5 Å². The largest absolute Gasteiger partial charge is 0.416 e. The van der Waals surface area contributed by atoms with Crippen LogP contribution < -0.4 is 0 Å². The molecule has 0 radical (unpaired) electrons. The molecule has 1 atom stereocenters. The summed E-state index contributed by atoms with van der Waals surface area (Å²) in [5.74, 6) is -0.310. The molecule has 0 saturated carbocycles. The lowest BCUT2D eigenvalue weighted by Crippen LogP contribution is -2.44. The number of urea groups is 1. The number of thioether (sulfide) groups is 1.